The van der Waals surface area contributed by atoms with Gasteiger partial charge >= 0.3 is 6.03 Å². The van der Waals surface area contributed by atoms with Gasteiger partial charge < -0.3 is 25.4 Å². The van der Waals surface area contributed by atoms with E-state index in [0.29, 0.717) is 0 Å². The molecule has 12 heteroatoms. The van der Waals surface area contributed by atoms with Gasteiger partial charge in [0.15, 0.2) is 5.75 Å². The largest absolute Gasteiger partial charge is 0.486 e. The Labute approximate surface area is 222 Å². The number of urea groups is 1. The molecule has 2 aromatic carbocycles. The average molecular weight is 551 g/mol. The summed E-state index contributed by atoms with van der Waals surface area (Å²) in [5.41, 5.74) is 0.419. The third-order valence-electron chi connectivity index (χ3n) is 6.32. The van der Waals surface area contributed by atoms with Crippen LogP contribution in [0.5, 0.6) is 5.75 Å². The van der Waals surface area contributed by atoms with Gasteiger partial charge in [-0.25, -0.2) is 17.6 Å². The van der Waals surface area contributed by atoms with Crippen LogP contribution in [0.1, 0.15) is 38.1 Å². The molecule has 0 aliphatic carbocycles. The number of likely N-dealkylation sites (N-methyl/N-ethyl adjacent to an activating group) is 1. The Balaban J connectivity index is 2.02. The van der Waals surface area contributed by atoms with Gasteiger partial charge in [0, 0.05) is 25.6 Å². The summed E-state index contributed by atoms with van der Waals surface area (Å²) in [5.74, 6) is -1.20. The summed E-state index contributed by atoms with van der Waals surface area (Å²) >= 11 is 0. The van der Waals surface area contributed by atoms with Crippen molar-refractivity contribution in [2.75, 3.05) is 32.1 Å². The first-order valence-electron chi connectivity index (χ1n) is 12.4. The second-order valence-electron chi connectivity index (χ2n) is 9.80. The SMILES string of the molecule is CC(C)NC(=O)Nc1cccc2c1O[C@H](CN(C)S(=O)(=O)c1ccc(F)cc1)[C@H](C)CN([C@H](C)CO)C2=O. The maximum absolute atomic E-state index is 13.5. The number of carbonyl (C=O) groups excluding carboxylic acids is 2. The summed E-state index contributed by atoms with van der Waals surface area (Å²) in [6.07, 6.45) is -0.744. The van der Waals surface area contributed by atoms with Gasteiger partial charge in [0.05, 0.1) is 35.3 Å². The fourth-order valence-corrected chi connectivity index (χ4v) is 5.30. The van der Waals surface area contributed by atoms with Gasteiger partial charge in [0.25, 0.3) is 5.91 Å². The minimum atomic E-state index is -3.98. The van der Waals surface area contributed by atoms with Gasteiger partial charge in [-0.05, 0) is 57.2 Å². The number of para-hydroxylation sites is 1. The van der Waals surface area contributed by atoms with Gasteiger partial charge in [-0.1, -0.05) is 13.0 Å². The minimum absolute atomic E-state index is 0.0706. The second kappa shape index (κ2) is 12.1. The van der Waals surface area contributed by atoms with Crippen molar-refractivity contribution in [1.82, 2.24) is 14.5 Å². The van der Waals surface area contributed by atoms with E-state index in [0.717, 1.165) is 16.4 Å². The topological polar surface area (TPSA) is 128 Å². The first-order chi connectivity index (χ1) is 17.8. The lowest BCUT2D eigenvalue weighted by Crippen LogP contribution is -2.50. The highest BCUT2D eigenvalue weighted by atomic mass is 32.2. The molecule has 0 saturated heterocycles. The Morgan fingerprint density at radius 3 is 2.47 bits per heavy atom. The van der Waals surface area contributed by atoms with Crippen molar-refractivity contribution in [2.45, 2.75) is 50.8 Å². The fraction of sp³-hybridized carbons (Fsp3) is 0.462. The molecule has 1 aliphatic rings. The third kappa shape index (κ3) is 6.61. The summed E-state index contributed by atoms with van der Waals surface area (Å²) in [5, 5.41) is 15.3. The molecule has 10 nitrogen and oxygen atoms in total. The van der Waals surface area contributed by atoms with Crippen LogP contribution >= 0.6 is 0 Å². The first kappa shape index (κ1) is 29.3. The molecule has 1 aliphatic heterocycles. The van der Waals surface area contributed by atoms with E-state index in [1.165, 1.54) is 24.1 Å². The van der Waals surface area contributed by atoms with Crippen LogP contribution in [-0.2, 0) is 10.0 Å². The van der Waals surface area contributed by atoms with E-state index in [1.807, 2.05) is 6.92 Å². The number of aliphatic hydroxyl groups is 1. The van der Waals surface area contributed by atoms with Crippen molar-refractivity contribution in [3.8, 4) is 5.75 Å². The van der Waals surface area contributed by atoms with Crippen LogP contribution in [0.25, 0.3) is 0 Å². The molecule has 0 unspecified atom stereocenters. The lowest BCUT2D eigenvalue weighted by Gasteiger charge is -2.38. The third-order valence-corrected chi connectivity index (χ3v) is 8.16. The van der Waals surface area contributed by atoms with Gasteiger partial charge in [0.1, 0.15) is 11.9 Å². The molecule has 0 fully saturated rings. The zero-order chi connectivity index (χ0) is 28.2. The highest BCUT2D eigenvalue weighted by Crippen LogP contribution is 2.35. The molecule has 2 aromatic rings. The molecule has 0 bridgehead atoms. The molecular formula is C26H35FN4O6S. The van der Waals surface area contributed by atoms with E-state index < -0.39 is 34.0 Å². The number of nitrogens with one attached hydrogen (secondary N) is 2. The number of benzene rings is 2. The van der Waals surface area contributed by atoms with E-state index in [1.54, 1.807) is 39.0 Å². The monoisotopic (exact) mass is 550 g/mol. The number of rotatable bonds is 8. The number of hydrogen-bond donors (Lipinski definition) is 3. The molecule has 0 spiro atoms. The molecule has 0 saturated carbocycles. The number of halogens is 1. The molecule has 3 amide bonds. The van der Waals surface area contributed by atoms with Crippen molar-refractivity contribution in [2.24, 2.45) is 5.92 Å². The van der Waals surface area contributed by atoms with Gasteiger partial charge in [0.2, 0.25) is 10.0 Å². The van der Waals surface area contributed by atoms with E-state index in [4.69, 9.17) is 4.74 Å². The second-order valence-corrected chi connectivity index (χ2v) is 11.8. The number of nitrogens with zero attached hydrogens (tertiary/aromatic N) is 2. The molecule has 1 heterocycles. The first-order valence-corrected chi connectivity index (χ1v) is 13.8. The van der Waals surface area contributed by atoms with Crippen LogP contribution in [0.3, 0.4) is 0 Å². The number of sulfonamides is 1. The summed E-state index contributed by atoms with van der Waals surface area (Å²) in [6.45, 7) is 6.97. The highest BCUT2D eigenvalue weighted by Gasteiger charge is 2.36. The van der Waals surface area contributed by atoms with E-state index in [-0.39, 0.29) is 59.5 Å². The number of carbonyl (C=O) groups is 2. The van der Waals surface area contributed by atoms with Crippen LogP contribution in [0, 0.1) is 11.7 Å². The van der Waals surface area contributed by atoms with E-state index in [9.17, 15) is 27.5 Å². The molecule has 38 heavy (non-hydrogen) atoms. The Bertz CT molecular complexity index is 1250. The summed E-state index contributed by atoms with van der Waals surface area (Å²) in [4.78, 5) is 27.4. The molecule has 0 radical (unpaired) electrons. The number of fused-ring (bicyclic) bond motifs is 1. The Hall–Kier alpha value is -3.22. The van der Waals surface area contributed by atoms with Crippen molar-refractivity contribution >= 4 is 27.6 Å². The number of ether oxygens (including phenoxy) is 1. The maximum Gasteiger partial charge on any atom is 0.319 e. The predicted molar refractivity (Wildman–Crippen MR) is 141 cm³/mol. The summed E-state index contributed by atoms with van der Waals surface area (Å²) < 4.78 is 47.2. The molecule has 0 aromatic heterocycles. The summed E-state index contributed by atoms with van der Waals surface area (Å²) in [6, 6.07) is 8.15. The zero-order valence-electron chi connectivity index (χ0n) is 22.1. The van der Waals surface area contributed by atoms with E-state index >= 15 is 0 Å². The standard InChI is InChI=1S/C26H35FN4O6S/c1-16(2)28-26(34)29-22-8-6-7-21-24(22)37-23(17(3)13-31(25(21)33)18(4)15-32)14-30(5)38(35,36)20-11-9-19(27)10-12-20/h6-12,16-18,23,32H,13-15H2,1-5H3,(H2,28,29,34)/t17-,18-,23-/m1/s1. The predicted octanol–water partition coefficient (Wildman–Crippen LogP) is 2.90. The lowest BCUT2D eigenvalue weighted by molar-refractivity contribution is 0.0389. The molecule has 3 rings (SSSR count). The smallest absolute Gasteiger partial charge is 0.319 e. The van der Waals surface area contributed by atoms with Gasteiger partial charge in [-0.3, -0.25) is 4.79 Å². The van der Waals surface area contributed by atoms with Crippen LogP contribution in [0.4, 0.5) is 14.9 Å². The van der Waals surface area contributed by atoms with Crippen molar-refractivity contribution in [1.29, 1.82) is 0 Å². The van der Waals surface area contributed by atoms with E-state index in [2.05, 4.69) is 10.6 Å². The van der Waals surface area contributed by atoms with Crippen LogP contribution in [0.2, 0.25) is 0 Å². The fourth-order valence-electron chi connectivity index (χ4n) is 4.12. The Morgan fingerprint density at radius 2 is 1.87 bits per heavy atom. The number of amides is 3. The zero-order valence-corrected chi connectivity index (χ0v) is 23.0. The Morgan fingerprint density at radius 1 is 1.21 bits per heavy atom. The van der Waals surface area contributed by atoms with Gasteiger partial charge in [-0.15, -0.1) is 0 Å². The average Bonchev–Trinajstić information content (AvgIpc) is 2.85. The summed E-state index contributed by atoms with van der Waals surface area (Å²) in [7, 11) is -2.58. The van der Waals surface area contributed by atoms with Crippen LogP contribution in [-0.4, -0.2) is 79.6 Å². The van der Waals surface area contributed by atoms with Crippen molar-refractivity contribution in [3.63, 3.8) is 0 Å². The lowest BCUT2D eigenvalue weighted by atomic mass is 9.99. The maximum atomic E-state index is 13.5. The van der Waals surface area contributed by atoms with Crippen LogP contribution in [0.15, 0.2) is 47.4 Å². The molecular weight excluding hydrogens is 515 g/mol. The van der Waals surface area contributed by atoms with Crippen molar-refractivity contribution < 1.29 is 32.2 Å². The van der Waals surface area contributed by atoms with Crippen molar-refractivity contribution in [3.05, 3.63) is 53.8 Å². The quantitative estimate of drug-likeness (QED) is 0.464. The minimum Gasteiger partial charge on any atom is -0.486 e. The highest BCUT2D eigenvalue weighted by molar-refractivity contribution is 7.89. The molecule has 3 atom stereocenters. The van der Waals surface area contributed by atoms with Crippen LogP contribution < -0.4 is 15.4 Å². The number of aliphatic hydroxyl groups excluding tert-OH is 1. The number of hydrogen-bond acceptors (Lipinski definition) is 6. The molecule has 208 valence electrons. The normalized spacial score (nSPS) is 18.9. The van der Waals surface area contributed by atoms with Gasteiger partial charge in [-0.2, -0.15) is 4.31 Å². The Kier molecular flexibility index (Phi) is 9.34. The molecule has 3 N–H and O–H groups in total. The number of anilines is 1.